The summed E-state index contributed by atoms with van der Waals surface area (Å²) in [6.07, 6.45) is 5.01. The number of carbonyl (C=O) groups excluding carboxylic acids is 1. The van der Waals surface area contributed by atoms with Crippen LogP contribution in [0.15, 0.2) is 59.0 Å². The second-order valence-electron chi connectivity index (χ2n) is 5.63. The van der Waals surface area contributed by atoms with Gasteiger partial charge in [0.15, 0.2) is 0 Å². The van der Waals surface area contributed by atoms with Gasteiger partial charge in [-0.15, -0.1) is 11.3 Å². The highest BCUT2D eigenvalue weighted by atomic mass is 79.9. The van der Waals surface area contributed by atoms with Gasteiger partial charge in [0.1, 0.15) is 5.82 Å². The number of rotatable bonds is 6. The van der Waals surface area contributed by atoms with Crippen LogP contribution in [-0.2, 0) is 11.3 Å². The maximum absolute atomic E-state index is 13.2. The minimum Gasteiger partial charge on any atom is -0.347 e. The molecule has 2 heterocycles. The molecule has 0 aliphatic heterocycles. The maximum Gasteiger partial charge on any atom is 0.251 e. The summed E-state index contributed by atoms with van der Waals surface area (Å²) < 4.78 is 15.8. The van der Waals surface area contributed by atoms with Crippen molar-refractivity contribution >= 4 is 44.8 Å². The molecule has 138 valence electrons. The summed E-state index contributed by atoms with van der Waals surface area (Å²) >= 11 is 4.99. The lowest BCUT2D eigenvalue weighted by atomic mass is 10.1. The van der Waals surface area contributed by atoms with Crippen LogP contribution >= 0.6 is 27.3 Å². The summed E-state index contributed by atoms with van der Waals surface area (Å²) in [5, 5.41) is 7.29. The van der Waals surface area contributed by atoms with Crippen LogP contribution in [0.3, 0.4) is 0 Å². The predicted octanol–water partition coefficient (Wildman–Crippen LogP) is 5.20. The van der Waals surface area contributed by atoms with E-state index in [2.05, 4.69) is 32.9 Å². The second kappa shape index (κ2) is 8.45. The Morgan fingerprint density at radius 1 is 1.33 bits per heavy atom. The third-order valence-corrected chi connectivity index (χ3v) is 5.57. The Bertz CT molecular complexity index is 1000. The van der Waals surface area contributed by atoms with Crippen LogP contribution in [0.1, 0.15) is 23.1 Å². The number of carbonyl (C=O) groups is 1. The Morgan fingerprint density at radius 2 is 2.07 bits per heavy atom. The number of amides is 1. The van der Waals surface area contributed by atoms with Crippen LogP contribution in [-0.4, -0.2) is 15.7 Å². The summed E-state index contributed by atoms with van der Waals surface area (Å²) in [5.74, 6) is -0.510. The minimum atomic E-state index is -0.319. The van der Waals surface area contributed by atoms with Crippen molar-refractivity contribution in [3.05, 3.63) is 81.0 Å². The normalized spacial score (nSPS) is 11.4. The predicted molar refractivity (Wildman–Crippen MR) is 111 cm³/mol. The van der Waals surface area contributed by atoms with Crippen molar-refractivity contribution in [3.63, 3.8) is 0 Å². The average Bonchev–Trinajstić information content (AvgIpc) is 3.27. The van der Waals surface area contributed by atoms with Crippen molar-refractivity contribution < 1.29 is 9.18 Å². The molecule has 1 amide bonds. The number of aromatic nitrogens is 2. The van der Waals surface area contributed by atoms with Crippen molar-refractivity contribution in [1.82, 2.24) is 15.1 Å². The Hall–Kier alpha value is -2.51. The zero-order valence-electron chi connectivity index (χ0n) is 14.6. The van der Waals surface area contributed by atoms with Gasteiger partial charge >= 0.3 is 0 Å². The molecule has 0 radical (unpaired) electrons. The smallest absolute Gasteiger partial charge is 0.251 e. The molecule has 0 unspecified atom stereocenters. The quantitative estimate of drug-likeness (QED) is 0.530. The molecule has 2 aromatic heterocycles. The first kappa shape index (κ1) is 19.3. The fourth-order valence-corrected chi connectivity index (χ4v) is 4.09. The van der Waals surface area contributed by atoms with Crippen molar-refractivity contribution in [2.24, 2.45) is 0 Å². The van der Waals surface area contributed by atoms with Crippen LogP contribution in [0.25, 0.3) is 17.3 Å². The molecular formula is C20H17BrFN3OS. The molecule has 0 spiro atoms. The van der Waals surface area contributed by atoms with Crippen molar-refractivity contribution in [2.45, 2.75) is 13.5 Å². The molecule has 1 N–H and O–H groups in total. The number of nitrogens with one attached hydrogen (secondary N) is 1. The van der Waals surface area contributed by atoms with Gasteiger partial charge in [-0.05, 0) is 65.3 Å². The Labute approximate surface area is 169 Å². The second-order valence-corrected chi connectivity index (χ2v) is 8.17. The highest BCUT2D eigenvalue weighted by Gasteiger charge is 2.18. The molecule has 0 saturated carbocycles. The monoisotopic (exact) mass is 445 g/mol. The van der Waals surface area contributed by atoms with Gasteiger partial charge in [0.25, 0.3) is 5.91 Å². The van der Waals surface area contributed by atoms with E-state index in [-0.39, 0.29) is 11.7 Å². The Morgan fingerprint density at radius 3 is 2.67 bits per heavy atom. The van der Waals surface area contributed by atoms with Crippen LogP contribution in [0.5, 0.6) is 0 Å². The van der Waals surface area contributed by atoms with Crippen LogP contribution < -0.4 is 5.32 Å². The van der Waals surface area contributed by atoms with Gasteiger partial charge in [-0.25, -0.2) is 9.07 Å². The Balaban J connectivity index is 1.85. The molecule has 0 atom stereocenters. The molecule has 3 rings (SSSR count). The number of nitrogens with zero attached hydrogens (tertiary/aromatic N) is 2. The van der Waals surface area contributed by atoms with E-state index in [1.807, 2.05) is 12.1 Å². The van der Waals surface area contributed by atoms with E-state index < -0.39 is 0 Å². The topological polar surface area (TPSA) is 46.9 Å². The highest BCUT2D eigenvalue weighted by molar-refractivity contribution is 9.11. The lowest BCUT2D eigenvalue weighted by Gasteiger charge is -2.09. The van der Waals surface area contributed by atoms with Crippen molar-refractivity contribution in [2.75, 3.05) is 0 Å². The van der Waals surface area contributed by atoms with Gasteiger partial charge in [0.2, 0.25) is 0 Å². The van der Waals surface area contributed by atoms with Crippen LogP contribution in [0.4, 0.5) is 4.39 Å². The first-order valence-electron chi connectivity index (χ1n) is 8.19. The molecule has 0 aliphatic carbocycles. The summed E-state index contributed by atoms with van der Waals surface area (Å²) in [6.45, 7) is 6.09. The average molecular weight is 446 g/mol. The summed E-state index contributed by atoms with van der Waals surface area (Å²) in [7, 11) is 0. The fraction of sp³-hybridized carbons (Fsp3) is 0.100. The first-order chi connectivity index (χ1) is 13.0. The summed E-state index contributed by atoms with van der Waals surface area (Å²) in [6, 6.07) is 9.90. The lowest BCUT2D eigenvalue weighted by molar-refractivity contribution is -0.115. The van der Waals surface area contributed by atoms with E-state index in [9.17, 15) is 9.18 Å². The highest BCUT2D eigenvalue weighted by Crippen LogP contribution is 2.25. The standard InChI is InChI=1S/C20H17BrFN3OS/c1-3-16(20(26)23-11-15-9-10-19(21)27-15)17-12-24-25(18(17)4-2)14-7-5-13(22)6-8-14/h3-10,12H,2,11H2,1H3,(H,23,26)/b16-3+. The zero-order valence-corrected chi connectivity index (χ0v) is 17.0. The molecule has 0 aliphatic rings. The summed E-state index contributed by atoms with van der Waals surface area (Å²) in [4.78, 5) is 13.8. The van der Waals surface area contributed by atoms with Gasteiger partial charge in [-0.1, -0.05) is 12.7 Å². The van der Waals surface area contributed by atoms with Crippen molar-refractivity contribution in [1.29, 1.82) is 0 Å². The van der Waals surface area contributed by atoms with E-state index in [0.717, 1.165) is 8.66 Å². The van der Waals surface area contributed by atoms with Gasteiger partial charge < -0.3 is 5.32 Å². The molecule has 7 heteroatoms. The molecule has 0 bridgehead atoms. The minimum absolute atomic E-state index is 0.191. The number of allylic oxidation sites excluding steroid dienone is 1. The number of hydrogen-bond acceptors (Lipinski definition) is 3. The fourth-order valence-electron chi connectivity index (χ4n) is 2.67. The van der Waals surface area contributed by atoms with E-state index in [1.165, 1.54) is 12.1 Å². The van der Waals surface area contributed by atoms with E-state index in [1.54, 1.807) is 53.4 Å². The Kier molecular flexibility index (Phi) is 6.03. The van der Waals surface area contributed by atoms with Gasteiger partial charge in [0, 0.05) is 16.0 Å². The van der Waals surface area contributed by atoms with Crippen molar-refractivity contribution in [3.8, 4) is 5.69 Å². The van der Waals surface area contributed by atoms with Gasteiger partial charge in [-0.3, -0.25) is 4.79 Å². The van der Waals surface area contributed by atoms with Gasteiger partial charge in [0.05, 0.1) is 27.9 Å². The SMILES string of the molecule is C=Cc1c(/C(=C\C)C(=O)NCc2ccc(Br)s2)cnn1-c1ccc(F)cc1. The summed E-state index contributed by atoms with van der Waals surface area (Å²) in [5.41, 5.74) is 2.54. The van der Waals surface area contributed by atoms with E-state index >= 15 is 0 Å². The molecular weight excluding hydrogens is 429 g/mol. The van der Waals surface area contributed by atoms with Crippen LogP contribution in [0.2, 0.25) is 0 Å². The largest absolute Gasteiger partial charge is 0.347 e. The number of halogens is 2. The molecule has 27 heavy (non-hydrogen) atoms. The molecule has 3 aromatic rings. The van der Waals surface area contributed by atoms with Crippen LogP contribution in [0, 0.1) is 5.82 Å². The molecule has 4 nitrogen and oxygen atoms in total. The third kappa shape index (κ3) is 4.26. The van der Waals surface area contributed by atoms with E-state index in [0.29, 0.717) is 29.1 Å². The number of thiophene rings is 1. The first-order valence-corrected chi connectivity index (χ1v) is 9.80. The lowest BCUT2D eigenvalue weighted by Crippen LogP contribution is -2.23. The van der Waals surface area contributed by atoms with E-state index in [4.69, 9.17) is 0 Å². The van der Waals surface area contributed by atoms with Gasteiger partial charge in [-0.2, -0.15) is 5.10 Å². The number of hydrogen-bond donors (Lipinski definition) is 1. The number of benzene rings is 1. The molecule has 0 saturated heterocycles. The molecule has 0 fully saturated rings. The third-order valence-electron chi connectivity index (χ3n) is 3.95. The molecule has 1 aromatic carbocycles. The maximum atomic E-state index is 13.2. The zero-order chi connectivity index (χ0) is 19.4.